The Bertz CT molecular complexity index is 249. The van der Waals surface area contributed by atoms with Gasteiger partial charge in [-0.15, -0.1) is 0 Å². The quantitative estimate of drug-likeness (QED) is 0.841. The molecule has 2 saturated heterocycles. The normalized spacial score (nSPS) is 32.5. The third-order valence-corrected chi connectivity index (χ3v) is 5.41. The van der Waals surface area contributed by atoms with Crippen molar-refractivity contribution in [1.29, 1.82) is 0 Å². The van der Waals surface area contributed by atoms with Crippen LogP contribution in [0.25, 0.3) is 0 Å². The van der Waals surface area contributed by atoms with Gasteiger partial charge >= 0.3 is 0 Å². The molecular weight excluding hydrogens is 234 g/mol. The maximum absolute atomic E-state index is 3.55. The van der Waals surface area contributed by atoms with Crippen molar-refractivity contribution in [2.45, 2.75) is 51.0 Å². The lowest BCUT2D eigenvalue weighted by atomic mass is 9.93. The van der Waals surface area contributed by atoms with E-state index < -0.39 is 0 Å². The van der Waals surface area contributed by atoms with Gasteiger partial charge in [-0.1, -0.05) is 19.3 Å². The van der Waals surface area contributed by atoms with E-state index in [4.69, 9.17) is 0 Å². The molecule has 2 aliphatic heterocycles. The molecule has 0 aromatic carbocycles. The number of rotatable bonds is 3. The number of hydrogen-bond donors (Lipinski definition) is 1. The number of piperidine rings is 1. The fourth-order valence-corrected chi connectivity index (χ4v) is 4.20. The van der Waals surface area contributed by atoms with Gasteiger partial charge in [0.2, 0.25) is 0 Å². The van der Waals surface area contributed by atoms with Crippen LogP contribution >= 0.6 is 0 Å². The van der Waals surface area contributed by atoms with E-state index in [1.54, 1.807) is 0 Å². The fraction of sp³-hybridized carbons (Fsp3) is 1.00. The van der Waals surface area contributed by atoms with Crippen LogP contribution in [-0.4, -0.2) is 61.7 Å². The van der Waals surface area contributed by atoms with E-state index in [9.17, 15) is 0 Å². The molecular formula is C16H31N3. The Morgan fingerprint density at radius 1 is 0.842 bits per heavy atom. The van der Waals surface area contributed by atoms with Crippen molar-refractivity contribution in [2.24, 2.45) is 5.92 Å². The zero-order valence-electron chi connectivity index (χ0n) is 12.4. The third-order valence-electron chi connectivity index (χ3n) is 5.41. The Kier molecular flexibility index (Phi) is 5.14. The van der Waals surface area contributed by atoms with Crippen molar-refractivity contribution >= 4 is 0 Å². The molecule has 1 atom stereocenters. The molecule has 3 fully saturated rings. The largest absolute Gasteiger partial charge is 0.316 e. The molecule has 1 saturated carbocycles. The van der Waals surface area contributed by atoms with E-state index in [-0.39, 0.29) is 0 Å². The van der Waals surface area contributed by atoms with Crippen LogP contribution in [-0.2, 0) is 0 Å². The van der Waals surface area contributed by atoms with Crippen LogP contribution in [0.4, 0.5) is 0 Å². The minimum atomic E-state index is 0.912. The number of nitrogens with one attached hydrogen (secondary N) is 1. The summed E-state index contributed by atoms with van der Waals surface area (Å²) < 4.78 is 0. The highest BCUT2D eigenvalue weighted by Crippen LogP contribution is 2.23. The average Bonchev–Trinajstić information content (AvgIpc) is 2.50. The highest BCUT2D eigenvalue weighted by molar-refractivity contribution is 4.82. The molecule has 3 nitrogen and oxygen atoms in total. The maximum Gasteiger partial charge on any atom is 0.0113 e. The summed E-state index contributed by atoms with van der Waals surface area (Å²) in [6.45, 7) is 9.11. The summed E-state index contributed by atoms with van der Waals surface area (Å²) in [5.41, 5.74) is 0. The molecule has 0 aromatic heterocycles. The van der Waals surface area contributed by atoms with Gasteiger partial charge in [-0.2, -0.15) is 0 Å². The first kappa shape index (κ1) is 13.8. The molecule has 0 aromatic rings. The van der Waals surface area contributed by atoms with Gasteiger partial charge in [0.25, 0.3) is 0 Å². The lowest BCUT2D eigenvalue weighted by molar-refractivity contribution is 0.0685. The topological polar surface area (TPSA) is 18.5 Å². The summed E-state index contributed by atoms with van der Waals surface area (Å²) in [7, 11) is 0. The highest BCUT2D eigenvalue weighted by Gasteiger charge is 2.26. The predicted octanol–water partition coefficient (Wildman–Crippen LogP) is 1.94. The summed E-state index contributed by atoms with van der Waals surface area (Å²) in [6, 6.07) is 0.923. The Balaban J connectivity index is 1.38. The fourth-order valence-electron chi connectivity index (χ4n) is 4.20. The molecule has 1 aliphatic carbocycles. The molecule has 1 unspecified atom stereocenters. The van der Waals surface area contributed by atoms with Gasteiger partial charge in [-0.05, 0) is 44.7 Å². The molecule has 0 bridgehead atoms. The van der Waals surface area contributed by atoms with E-state index in [1.165, 1.54) is 90.8 Å². The average molecular weight is 265 g/mol. The monoisotopic (exact) mass is 265 g/mol. The Morgan fingerprint density at radius 3 is 2.32 bits per heavy atom. The minimum absolute atomic E-state index is 0.912. The lowest BCUT2D eigenvalue weighted by Gasteiger charge is -2.42. The van der Waals surface area contributed by atoms with Gasteiger partial charge in [-0.3, -0.25) is 4.90 Å². The van der Waals surface area contributed by atoms with Gasteiger partial charge in [0.15, 0.2) is 0 Å². The first-order chi connectivity index (χ1) is 9.42. The predicted molar refractivity (Wildman–Crippen MR) is 80.5 cm³/mol. The van der Waals surface area contributed by atoms with Crippen molar-refractivity contribution in [3.63, 3.8) is 0 Å². The summed E-state index contributed by atoms with van der Waals surface area (Å²) in [6.07, 6.45) is 10.2. The molecule has 3 rings (SSSR count). The van der Waals surface area contributed by atoms with E-state index in [1.807, 2.05) is 0 Å². The molecule has 3 aliphatic rings. The molecule has 3 heteroatoms. The van der Waals surface area contributed by atoms with Crippen LogP contribution in [0.1, 0.15) is 44.9 Å². The second kappa shape index (κ2) is 7.05. The van der Waals surface area contributed by atoms with Crippen LogP contribution in [0.5, 0.6) is 0 Å². The number of hydrogen-bond acceptors (Lipinski definition) is 3. The van der Waals surface area contributed by atoms with Crippen molar-refractivity contribution < 1.29 is 0 Å². The second-order valence-electron chi connectivity index (χ2n) is 6.84. The lowest BCUT2D eigenvalue weighted by Crippen LogP contribution is -2.52. The van der Waals surface area contributed by atoms with Gasteiger partial charge in [0.1, 0.15) is 0 Å². The summed E-state index contributed by atoms with van der Waals surface area (Å²) in [5, 5.41) is 3.55. The smallest absolute Gasteiger partial charge is 0.0113 e. The van der Waals surface area contributed by atoms with Gasteiger partial charge in [-0.25, -0.2) is 0 Å². The Labute approximate surface area is 118 Å². The van der Waals surface area contributed by atoms with E-state index in [0.717, 1.165) is 12.0 Å². The summed E-state index contributed by atoms with van der Waals surface area (Å²) in [5.74, 6) is 0.912. The van der Waals surface area contributed by atoms with Crippen molar-refractivity contribution in [2.75, 3.05) is 45.8 Å². The van der Waals surface area contributed by atoms with Crippen molar-refractivity contribution in [3.05, 3.63) is 0 Å². The maximum atomic E-state index is 3.55. The molecule has 19 heavy (non-hydrogen) atoms. The first-order valence-corrected chi connectivity index (χ1v) is 8.59. The minimum Gasteiger partial charge on any atom is -0.316 e. The Morgan fingerprint density at radius 2 is 1.63 bits per heavy atom. The Hall–Kier alpha value is -0.120. The molecule has 110 valence electrons. The number of piperazine rings is 1. The van der Waals surface area contributed by atoms with E-state index in [0.29, 0.717) is 0 Å². The van der Waals surface area contributed by atoms with Crippen molar-refractivity contribution in [1.82, 2.24) is 15.1 Å². The van der Waals surface area contributed by atoms with Crippen LogP contribution < -0.4 is 5.32 Å². The summed E-state index contributed by atoms with van der Waals surface area (Å²) in [4.78, 5) is 5.51. The van der Waals surface area contributed by atoms with Crippen molar-refractivity contribution in [3.8, 4) is 0 Å². The standard InChI is InChI=1S/C16H31N3/c1-2-6-16(7-3-1)19-11-9-18(10-12-19)14-15-5-4-8-17-13-15/h15-17H,1-14H2. The van der Waals surface area contributed by atoms with Gasteiger partial charge < -0.3 is 10.2 Å². The zero-order chi connectivity index (χ0) is 12.9. The van der Waals surface area contributed by atoms with Crippen LogP contribution in [0.3, 0.4) is 0 Å². The van der Waals surface area contributed by atoms with Gasteiger partial charge in [0.05, 0.1) is 0 Å². The van der Waals surface area contributed by atoms with Crippen LogP contribution in [0.15, 0.2) is 0 Å². The number of nitrogens with zero attached hydrogens (tertiary/aromatic N) is 2. The van der Waals surface area contributed by atoms with Gasteiger partial charge in [0, 0.05) is 38.8 Å². The van der Waals surface area contributed by atoms with Crippen LogP contribution in [0.2, 0.25) is 0 Å². The molecule has 0 amide bonds. The zero-order valence-corrected chi connectivity index (χ0v) is 12.4. The molecule has 0 spiro atoms. The molecule has 2 heterocycles. The summed E-state index contributed by atoms with van der Waals surface area (Å²) >= 11 is 0. The van der Waals surface area contributed by atoms with Crippen LogP contribution in [0, 0.1) is 5.92 Å². The third kappa shape index (κ3) is 3.93. The highest BCUT2D eigenvalue weighted by atomic mass is 15.3. The molecule has 1 N–H and O–H groups in total. The first-order valence-electron chi connectivity index (χ1n) is 8.59. The molecule has 0 radical (unpaired) electrons. The second-order valence-corrected chi connectivity index (χ2v) is 6.84. The SMILES string of the molecule is C1CCC(N2CCN(CC3CCCNC3)CC2)CC1. The van der Waals surface area contributed by atoms with E-state index in [2.05, 4.69) is 15.1 Å². The van der Waals surface area contributed by atoms with E-state index >= 15 is 0 Å².